The normalized spacial score (nSPS) is 14.9. The first-order chi connectivity index (χ1) is 9.53. The quantitative estimate of drug-likeness (QED) is 0.829. The lowest BCUT2D eigenvalue weighted by molar-refractivity contribution is 0.464. The number of rotatable bonds is 5. The van der Waals surface area contributed by atoms with Gasteiger partial charge in [0.05, 0.1) is 12.3 Å². The average molecular weight is 292 g/mol. The monoisotopic (exact) mass is 292 g/mol. The molecule has 0 heterocycles. The van der Waals surface area contributed by atoms with Crippen LogP contribution in [-0.2, 0) is 16.6 Å². The van der Waals surface area contributed by atoms with Crippen LogP contribution < -0.4 is 5.73 Å². The summed E-state index contributed by atoms with van der Waals surface area (Å²) in [4.78, 5) is 0. The molecule has 1 aromatic rings. The highest BCUT2D eigenvalue weighted by Gasteiger charge is 2.30. The minimum Gasteiger partial charge on any atom is -0.320 e. The molecule has 1 aromatic carbocycles. The van der Waals surface area contributed by atoms with Gasteiger partial charge in [-0.3, -0.25) is 0 Å². The second-order valence-corrected chi connectivity index (χ2v) is 7.26. The summed E-state index contributed by atoms with van der Waals surface area (Å²) in [6.07, 6.45) is 2.07. The maximum atomic E-state index is 12.2. The van der Waals surface area contributed by atoms with Gasteiger partial charge in [-0.05, 0) is 30.4 Å². The van der Waals surface area contributed by atoms with E-state index in [1.165, 1.54) is 4.31 Å². The molecule has 1 fully saturated rings. The van der Waals surface area contributed by atoms with Gasteiger partial charge in [0.2, 0.25) is 10.0 Å². The van der Waals surface area contributed by atoms with E-state index in [1.807, 2.05) is 24.3 Å². The van der Waals surface area contributed by atoms with Gasteiger partial charge in [0.15, 0.2) is 0 Å². The molecule has 0 unspecified atom stereocenters. The van der Waals surface area contributed by atoms with E-state index < -0.39 is 10.0 Å². The zero-order chi connectivity index (χ0) is 14.6. The Hall–Kier alpha value is -1.35. The van der Waals surface area contributed by atoms with Crippen molar-refractivity contribution in [1.82, 2.24) is 4.31 Å². The summed E-state index contributed by atoms with van der Waals surface area (Å²) < 4.78 is 25.8. The third-order valence-corrected chi connectivity index (χ3v) is 5.33. The predicted octanol–water partition coefficient (Wildman–Crippen LogP) is 1.17. The first-order valence-electron chi connectivity index (χ1n) is 6.74. The number of hydrogen-bond acceptors (Lipinski definition) is 3. The maximum absolute atomic E-state index is 12.2. The minimum absolute atomic E-state index is 0.264. The fraction of sp³-hybridized carbons (Fsp3) is 0.467. The first kappa shape index (κ1) is 15.0. The first-order valence-corrected chi connectivity index (χ1v) is 8.34. The Morgan fingerprint density at radius 2 is 2.05 bits per heavy atom. The third kappa shape index (κ3) is 4.07. The molecule has 0 aromatic heterocycles. The van der Waals surface area contributed by atoms with Crippen molar-refractivity contribution in [3.63, 3.8) is 0 Å². The molecule has 20 heavy (non-hydrogen) atoms. The van der Waals surface area contributed by atoms with Crippen molar-refractivity contribution in [2.75, 3.05) is 19.3 Å². The van der Waals surface area contributed by atoms with Crippen LogP contribution in [0, 0.1) is 17.8 Å². The van der Waals surface area contributed by atoms with Crippen molar-refractivity contribution in [2.45, 2.75) is 19.4 Å². The van der Waals surface area contributed by atoms with Gasteiger partial charge >= 0.3 is 0 Å². The second kappa shape index (κ2) is 6.40. The lowest BCUT2D eigenvalue weighted by Crippen LogP contribution is -2.29. The number of benzene rings is 1. The molecular formula is C15H20N2O2S. The van der Waals surface area contributed by atoms with Crippen LogP contribution in [-0.4, -0.2) is 32.1 Å². The SMILES string of the molecule is CN(Cc1ccccc1C#CCN)S(=O)(=O)CC1CC1. The zero-order valence-corrected chi connectivity index (χ0v) is 12.5. The molecule has 5 heteroatoms. The van der Waals surface area contributed by atoms with E-state index in [9.17, 15) is 8.42 Å². The Morgan fingerprint density at radius 3 is 2.70 bits per heavy atom. The minimum atomic E-state index is -3.17. The number of nitrogens with zero attached hydrogens (tertiary/aromatic N) is 1. The Morgan fingerprint density at radius 1 is 1.35 bits per heavy atom. The van der Waals surface area contributed by atoms with Gasteiger partial charge in [0.1, 0.15) is 0 Å². The summed E-state index contributed by atoms with van der Waals surface area (Å²) in [6, 6.07) is 7.58. The van der Waals surface area contributed by atoms with Crippen LogP contribution in [0.3, 0.4) is 0 Å². The highest BCUT2D eigenvalue weighted by atomic mass is 32.2. The summed E-state index contributed by atoms with van der Waals surface area (Å²) in [7, 11) is -1.54. The maximum Gasteiger partial charge on any atom is 0.214 e. The van der Waals surface area contributed by atoms with Gasteiger partial charge in [-0.2, -0.15) is 0 Å². The lowest BCUT2D eigenvalue weighted by atomic mass is 10.1. The molecule has 0 amide bonds. The van der Waals surface area contributed by atoms with Crippen LogP contribution in [0.1, 0.15) is 24.0 Å². The third-order valence-electron chi connectivity index (χ3n) is 3.35. The van der Waals surface area contributed by atoms with E-state index in [2.05, 4.69) is 11.8 Å². The van der Waals surface area contributed by atoms with E-state index in [4.69, 9.17) is 5.73 Å². The summed E-state index contributed by atoms with van der Waals surface area (Å²) >= 11 is 0. The van der Waals surface area contributed by atoms with E-state index in [-0.39, 0.29) is 5.75 Å². The molecule has 1 aliphatic carbocycles. The van der Waals surface area contributed by atoms with Crippen molar-refractivity contribution < 1.29 is 8.42 Å². The van der Waals surface area contributed by atoms with Crippen molar-refractivity contribution in [1.29, 1.82) is 0 Å². The highest BCUT2D eigenvalue weighted by molar-refractivity contribution is 7.89. The number of sulfonamides is 1. The summed E-state index contributed by atoms with van der Waals surface area (Å²) in [5, 5.41) is 0. The Kier molecular flexibility index (Phi) is 4.81. The van der Waals surface area contributed by atoms with Crippen molar-refractivity contribution >= 4 is 10.0 Å². The molecule has 0 atom stereocenters. The van der Waals surface area contributed by atoms with Crippen LogP contribution in [0.2, 0.25) is 0 Å². The Balaban J connectivity index is 2.12. The largest absolute Gasteiger partial charge is 0.320 e. The zero-order valence-electron chi connectivity index (χ0n) is 11.7. The fourth-order valence-corrected chi connectivity index (χ4v) is 3.49. The Labute approximate surface area is 121 Å². The molecule has 108 valence electrons. The van der Waals surface area contributed by atoms with E-state index in [1.54, 1.807) is 7.05 Å². The predicted molar refractivity (Wildman–Crippen MR) is 80.4 cm³/mol. The van der Waals surface area contributed by atoms with E-state index >= 15 is 0 Å². The molecule has 0 aliphatic heterocycles. The second-order valence-electron chi connectivity index (χ2n) is 5.14. The molecule has 0 radical (unpaired) electrons. The lowest BCUT2D eigenvalue weighted by Gasteiger charge is -2.18. The van der Waals surface area contributed by atoms with Crippen molar-refractivity contribution in [2.24, 2.45) is 11.7 Å². The smallest absolute Gasteiger partial charge is 0.214 e. The summed E-state index contributed by atoms with van der Waals surface area (Å²) in [5.41, 5.74) is 7.13. The highest BCUT2D eigenvalue weighted by Crippen LogP contribution is 2.31. The van der Waals surface area contributed by atoms with Crippen LogP contribution in [0.15, 0.2) is 24.3 Å². The molecule has 0 saturated heterocycles. The van der Waals surface area contributed by atoms with Crippen LogP contribution in [0.5, 0.6) is 0 Å². The average Bonchev–Trinajstić information content (AvgIpc) is 3.21. The fourth-order valence-electron chi connectivity index (χ4n) is 1.97. The number of hydrogen-bond donors (Lipinski definition) is 1. The Bertz CT molecular complexity index is 625. The molecule has 2 N–H and O–H groups in total. The molecule has 1 aliphatic rings. The van der Waals surface area contributed by atoms with Crippen LogP contribution in [0.4, 0.5) is 0 Å². The standard InChI is InChI=1S/C15H20N2O2S/c1-17(20(18,19)12-13-8-9-13)11-15-6-3-2-5-14(15)7-4-10-16/h2-3,5-6,13H,8-12,16H2,1H3. The van der Waals surface area contributed by atoms with Gasteiger partial charge in [0, 0.05) is 19.2 Å². The molecule has 2 rings (SSSR count). The summed E-state index contributed by atoms with van der Waals surface area (Å²) in [5.74, 6) is 6.42. The molecular weight excluding hydrogens is 272 g/mol. The summed E-state index contributed by atoms with van der Waals surface area (Å²) in [6.45, 7) is 0.647. The van der Waals surface area contributed by atoms with Crippen molar-refractivity contribution in [3.8, 4) is 11.8 Å². The van der Waals surface area contributed by atoms with E-state index in [0.29, 0.717) is 19.0 Å². The molecule has 4 nitrogen and oxygen atoms in total. The number of nitrogens with two attached hydrogens (primary N) is 1. The van der Waals surface area contributed by atoms with E-state index in [0.717, 1.165) is 24.0 Å². The van der Waals surface area contributed by atoms with Gasteiger partial charge in [0.25, 0.3) is 0 Å². The van der Waals surface area contributed by atoms with Crippen LogP contribution in [0.25, 0.3) is 0 Å². The van der Waals surface area contributed by atoms with Gasteiger partial charge in [-0.25, -0.2) is 12.7 Å². The molecule has 0 bridgehead atoms. The topological polar surface area (TPSA) is 63.4 Å². The van der Waals surface area contributed by atoms with Gasteiger partial charge in [-0.1, -0.05) is 30.0 Å². The van der Waals surface area contributed by atoms with Crippen molar-refractivity contribution in [3.05, 3.63) is 35.4 Å². The molecule has 1 saturated carbocycles. The van der Waals surface area contributed by atoms with Gasteiger partial charge in [-0.15, -0.1) is 0 Å². The molecule has 0 spiro atoms. The van der Waals surface area contributed by atoms with Gasteiger partial charge < -0.3 is 5.73 Å². The van der Waals surface area contributed by atoms with Crippen LogP contribution >= 0.6 is 0 Å².